The molecule has 3 nitrogen and oxygen atoms in total. The number of hydrogen-bond acceptors (Lipinski definition) is 2. The minimum absolute atomic E-state index is 0.0164. The molecule has 0 bridgehead atoms. The molecule has 3 aromatic carbocycles. The zero-order chi connectivity index (χ0) is 20.4. The summed E-state index contributed by atoms with van der Waals surface area (Å²) in [4.78, 5) is 11.8. The lowest BCUT2D eigenvalue weighted by molar-refractivity contribution is 0.0693. The highest BCUT2D eigenvalue weighted by Gasteiger charge is 2.23. The van der Waals surface area contributed by atoms with E-state index >= 15 is 0 Å². The van der Waals surface area contributed by atoms with Gasteiger partial charge in [-0.2, -0.15) is 0 Å². The Kier molecular flexibility index (Phi) is 5.55. The van der Waals surface area contributed by atoms with Crippen LogP contribution in [0.5, 0.6) is 5.75 Å². The first-order chi connectivity index (χ1) is 13.3. The maximum Gasteiger partial charge on any atom is 0.339 e. The summed E-state index contributed by atoms with van der Waals surface area (Å²) in [6, 6.07) is 19.7. The van der Waals surface area contributed by atoms with Crippen LogP contribution in [0.1, 0.15) is 69.4 Å². The number of carboxylic acids is 1. The Hall–Kier alpha value is -3.07. The van der Waals surface area contributed by atoms with E-state index in [4.69, 9.17) is 0 Å². The van der Waals surface area contributed by atoms with Gasteiger partial charge in [0.05, 0.1) is 0 Å². The molecule has 0 aromatic heterocycles. The normalized spacial score (nSPS) is 13.1. The van der Waals surface area contributed by atoms with Gasteiger partial charge in [0.1, 0.15) is 11.3 Å². The number of benzene rings is 3. The van der Waals surface area contributed by atoms with E-state index < -0.39 is 5.97 Å². The van der Waals surface area contributed by atoms with Gasteiger partial charge in [-0.05, 0) is 47.7 Å². The molecule has 2 unspecified atom stereocenters. The Balaban J connectivity index is 2.17. The van der Waals surface area contributed by atoms with Crippen molar-refractivity contribution in [1.29, 1.82) is 0 Å². The summed E-state index contributed by atoms with van der Waals surface area (Å²) in [6.45, 7) is 8.16. The van der Waals surface area contributed by atoms with Gasteiger partial charge in [0, 0.05) is 17.4 Å². The first-order valence-corrected chi connectivity index (χ1v) is 9.52. The van der Waals surface area contributed by atoms with Gasteiger partial charge in [-0.1, -0.05) is 68.4 Å². The van der Waals surface area contributed by atoms with Crippen molar-refractivity contribution in [1.82, 2.24) is 0 Å². The summed E-state index contributed by atoms with van der Waals surface area (Å²) in [6.07, 6.45) is 0. The number of phenols is 1. The van der Waals surface area contributed by atoms with Crippen LogP contribution in [-0.2, 0) is 0 Å². The van der Waals surface area contributed by atoms with Crippen molar-refractivity contribution in [3.05, 3.63) is 99.6 Å². The molecule has 0 fully saturated rings. The molecule has 0 aliphatic rings. The summed E-state index contributed by atoms with van der Waals surface area (Å²) >= 11 is 0. The van der Waals surface area contributed by atoms with E-state index in [1.807, 2.05) is 56.3 Å². The Labute approximate surface area is 166 Å². The van der Waals surface area contributed by atoms with Crippen molar-refractivity contribution < 1.29 is 15.0 Å². The predicted octanol–water partition coefficient (Wildman–Crippen LogP) is 6.01. The van der Waals surface area contributed by atoms with Gasteiger partial charge in [-0.15, -0.1) is 0 Å². The maximum absolute atomic E-state index is 11.8. The number of rotatable bonds is 5. The lowest BCUT2D eigenvalue weighted by Crippen LogP contribution is -2.08. The van der Waals surface area contributed by atoms with E-state index in [1.165, 1.54) is 0 Å². The van der Waals surface area contributed by atoms with Crippen LogP contribution in [0.3, 0.4) is 0 Å². The molecular formula is C25H26O3. The summed E-state index contributed by atoms with van der Waals surface area (Å²) < 4.78 is 0. The molecular weight excluding hydrogens is 348 g/mol. The zero-order valence-corrected chi connectivity index (χ0v) is 16.7. The highest BCUT2D eigenvalue weighted by atomic mass is 16.4. The minimum Gasteiger partial charge on any atom is -0.507 e. The zero-order valence-electron chi connectivity index (χ0n) is 16.7. The van der Waals surface area contributed by atoms with Crippen molar-refractivity contribution in [2.45, 2.75) is 39.5 Å². The van der Waals surface area contributed by atoms with Crippen molar-refractivity contribution in [3.63, 3.8) is 0 Å². The second-order valence-corrected chi connectivity index (χ2v) is 7.47. The Morgan fingerprint density at radius 2 is 1.29 bits per heavy atom. The molecule has 2 atom stereocenters. The van der Waals surface area contributed by atoms with Crippen molar-refractivity contribution in [2.75, 3.05) is 0 Å². The third-order valence-electron chi connectivity index (χ3n) is 5.67. The molecule has 0 saturated heterocycles. The molecule has 0 amide bonds. The summed E-state index contributed by atoms with van der Waals surface area (Å²) in [5.41, 5.74) is 5.99. The van der Waals surface area contributed by atoms with Gasteiger partial charge >= 0.3 is 5.97 Å². The third kappa shape index (κ3) is 3.65. The fraction of sp³-hybridized carbons (Fsp3) is 0.240. The van der Waals surface area contributed by atoms with Gasteiger partial charge in [-0.3, -0.25) is 0 Å². The van der Waals surface area contributed by atoms with E-state index in [2.05, 4.69) is 26.0 Å². The third-order valence-corrected chi connectivity index (χ3v) is 5.67. The van der Waals surface area contributed by atoms with E-state index in [-0.39, 0.29) is 23.1 Å². The number of aromatic hydroxyl groups is 1. The second kappa shape index (κ2) is 7.89. The molecule has 144 valence electrons. The molecule has 2 N–H and O–H groups in total. The van der Waals surface area contributed by atoms with Crippen LogP contribution in [0.25, 0.3) is 0 Å². The minimum atomic E-state index is -1.12. The topological polar surface area (TPSA) is 57.5 Å². The molecule has 3 rings (SSSR count). The summed E-state index contributed by atoms with van der Waals surface area (Å²) in [5, 5.41) is 20.4. The van der Waals surface area contributed by atoms with E-state index in [1.54, 1.807) is 6.07 Å². The van der Waals surface area contributed by atoms with Crippen LogP contribution in [-0.4, -0.2) is 16.2 Å². The van der Waals surface area contributed by atoms with Crippen LogP contribution in [0.4, 0.5) is 0 Å². The fourth-order valence-corrected chi connectivity index (χ4v) is 3.92. The van der Waals surface area contributed by atoms with Gasteiger partial charge in [0.2, 0.25) is 0 Å². The highest BCUT2D eigenvalue weighted by Crippen LogP contribution is 2.38. The summed E-state index contributed by atoms with van der Waals surface area (Å²) in [7, 11) is 0. The van der Waals surface area contributed by atoms with Gasteiger partial charge in [0.25, 0.3) is 0 Å². The molecule has 0 aliphatic heterocycles. The fourth-order valence-electron chi connectivity index (χ4n) is 3.92. The molecule has 3 aromatic rings. The standard InChI is InChI=1S/C25H26O3/c1-15-9-5-7-11-20(15)17(3)19-13-22(24(26)23(14-19)25(27)28)18(4)21-12-8-6-10-16(21)2/h5-14,17-18,26H,1-4H3,(H,27,28). The van der Waals surface area contributed by atoms with Gasteiger partial charge < -0.3 is 10.2 Å². The van der Waals surface area contributed by atoms with Crippen LogP contribution >= 0.6 is 0 Å². The van der Waals surface area contributed by atoms with Gasteiger partial charge in [-0.25, -0.2) is 4.79 Å². The highest BCUT2D eigenvalue weighted by molar-refractivity contribution is 5.92. The molecule has 0 spiro atoms. The van der Waals surface area contributed by atoms with E-state index in [0.717, 1.165) is 27.8 Å². The number of carboxylic acid groups (broad SMARTS) is 1. The number of carbonyl (C=O) groups is 1. The van der Waals surface area contributed by atoms with E-state index in [9.17, 15) is 15.0 Å². The summed E-state index contributed by atoms with van der Waals surface area (Å²) in [5.74, 6) is -1.37. The second-order valence-electron chi connectivity index (χ2n) is 7.47. The molecule has 0 heterocycles. The number of aromatic carboxylic acids is 1. The van der Waals surface area contributed by atoms with Crippen molar-refractivity contribution in [3.8, 4) is 5.75 Å². The molecule has 0 aliphatic carbocycles. The monoisotopic (exact) mass is 374 g/mol. The van der Waals surface area contributed by atoms with Crippen molar-refractivity contribution in [2.24, 2.45) is 0 Å². The Bertz CT molecular complexity index is 1020. The smallest absolute Gasteiger partial charge is 0.339 e. The van der Waals surface area contributed by atoms with Gasteiger partial charge in [0.15, 0.2) is 0 Å². The number of hydrogen-bond donors (Lipinski definition) is 2. The number of aryl methyl sites for hydroxylation is 2. The average Bonchev–Trinajstić information content (AvgIpc) is 2.67. The Morgan fingerprint density at radius 1 is 0.786 bits per heavy atom. The molecule has 0 saturated carbocycles. The molecule has 28 heavy (non-hydrogen) atoms. The average molecular weight is 374 g/mol. The van der Waals surface area contributed by atoms with Crippen molar-refractivity contribution >= 4 is 5.97 Å². The van der Waals surface area contributed by atoms with E-state index in [0.29, 0.717) is 5.56 Å². The maximum atomic E-state index is 11.8. The molecule has 0 radical (unpaired) electrons. The Morgan fingerprint density at radius 3 is 1.79 bits per heavy atom. The predicted molar refractivity (Wildman–Crippen MR) is 112 cm³/mol. The quantitative estimate of drug-likeness (QED) is 0.575. The first-order valence-electron chi connectivity index (χ1n) is 9.52. The van der Waals surface area contributed by atoms with Crippen LogP contribution in [0, 0.1) is 13.8 Å². The van der Waals surface area contributed by atoms with Crippen LogP contribution < -0.4 is 0 Å². The largest absolute Gasteiger partial charge is 0.507 e. The first kappa shape index (κ1) is 19.7. The van der Waals surface area contributed by atoms with Crippen LogP contribution in [0.2, 0.25) is 0 Å². The van der Waals surface area contributed by atoms with Crippen LogP contribution in [0.15, 0.2) is 60.7 Å². The lowest BCUT2D eigenvalue weighted by atomic mass is 9.83. The lowest BCUT2D eigenvalue weighted by Gasteiger charge is -2.22. The SMILES string of the molecule is Cc1ccccc1C(C)c1cc(C(=O)O)c(O)c(C(C)c2ccccc2C)c1. The molecule has 3 heteroatoms.